The van der Waals surface area contributed by atoms with E-state index in [9.17, 15) is 0 Å². The Bertz CT molecular complexity index is 986. The molecule has 0 aromatic heterocycles. The van der Waals surface area contributed by atoms with Gasteiger partial charge in [-0.25, -0.2) is 4.99 Å². The Labute approximate surface area is 171 Å². The zero-order chi connectivity index (χ0) is 18.9. The summed E-state index contributed by atoms with van der Waals surface area (Å²) in [5.74, 6) is 0.665. The Morgan fingerprint density at radius 1 is 1.00 bits per heavy atom. The minimum atomic E-state index is -0.957. The second-order valence-electron chi connectivity index (χ2n) is 6.40. The number of amidine groups is 1. The number of hydrogen-bond acceptors (Lipinski definition) is 4. The summed E-state index contributed by atoms with van der Waals surface area (Å²) in [7, 11) is 0. The lowest BCUT2D eigenvalue weighted by Gasteiger charge is -2.37. The van der Waals surface area contributed by atoms with Crippen LogP contribution < -0.4 is 16.4 Å². The van der Waals surface area contributed by atoms with Gasteiger partial charge in [-0.2, -0.15) is 0 Å². The molecule has 1 aliphatic rings. The van der Waals surface area contributed by atoms with E-state index in [0.29, 0.717) is 17.4 Å². The highest BCUT2D eigenvalue weighted by Gasteiger charge is 2.37. The van der Waals surface area contributed by atoms with Crippen LogP contribution in [0.3, 0.4) is 0 Å². The molecule has 1 atom stereocenters. The summed E-state index contributed by atoms with van der Waals surface area (Å²) in [5, 5.41) is 7.58. The second-order valence-corrected chi connectivity index (χ2v) is 7.75. The zero-order valence-electron chi connectivity index (χ0n) is 14.4. The molecule has 4 N–H and O–H groups in total. The van der Waals surface area contributed by atoms with E-state index in [4.69, 9.17) is 22.3 Å². The molecule has 0 saturated carbocycles. The fourth-order valence-corrected chi connectivity index (χ4v) is 3.44. The predicted octanol–water partition coefficient (Wildman–Crippen LogP) is 5.16. The SMILES string of the molecule is NC1(c2ccc(Br)cc2)Nc2ccccc2N=C1NCc1ccc(Cl)cc1. The lowest BCUT2D eigenvalue weighted by Crippen LogP contribution is -2.57. The van der Waals surface area contributed by atoms with Crippen LogP contribution in [0.5, 0.6) is 0 Å². The average molecular weight is 442 g/mol. The van der Waals surface area contributed by atoms with E-state index in [1.165, 1.54) is 0 Å². The molecule has 0 aliphatic carbocycles. The van der Waals surface area contributed by atoms with Gasteiger partial charge >= 0.3 is 0 Å². The first-order valence-corrected chi connectivity index (χ1v) is 9.71. The van der Waals surface area contributed by atoms with Gasteiger partial charge in [0.2, 0.25) is 0 Å². The van der Waals surface area contributed by atoms with Crippen LogP contribution in [0.15, 0.2) is 82.3 Å². The minimum Gasteiger partial charge on any atom is -0.366 e. The molecule has 6 heteroatoms. The molecule has 4 rings (SSSR count). The molecule has 0 amide bonds. The number of nitrogens with one attached hydrogen (secondary N) is 2. The topological polar surface area (TPSA) is 62.4 Å². The van der Waals surface area contributed by atoms with Crippen molar-refractivity contribution in [1.82, 2.24) is 5.32 Å². The summed E-state index contributed by atoms with van der Waals surface area (Å²) in [4.78, 5) is 4.81. The van der Waals surface area contributed by atoms with E-state index in [1.807, 2.05) is 72.8 Å². The molecule has 0 fully saturated rings. The highest BCUT2D eigenvalue weighted by molar-refractivity contribution is 9.10. The van der Waals surface area contributed by atoms with Crippen molar-refractivity contribution in [3.63, 3.8) is 0 Å². The van der Waals surface area contributed by atoms with E-state index in [0.717, 1.165) is 27.0 Å². The van der Waals surface area contributed by atoms with Gasteiger partial charge in [0.15, 0.2) is 5.66 Å². The molecule has 4 nitrogen and oxygen atoms in total. The van der Waals surface area contributed by atoms with Crippen molar-refractivity contribution in [3.05, 3.63) is 93.4 Å². The number of halogens is 2. The van der Waals surface area contributed by atoms with E-state index < -0.39 is 5.66 Å². The van der Waals surface area contributed by atoms with Crippen LogP contribution in [-0.2, 0) is 12.2 Å². The van der Waals surface area contributed by atoms with Gasteiger partial charge in [-0.05, 0) is 47.5 Å². The molecular formula is C21H18BrClN4. The number of nitrogens with two attached hydrogens (primary N) is 1. The van der Waals surface area contributed by atoms with Crippen LogP contribution in [-0.4, -0.2) is 5.84 Å². The van der Waals surface area contributed by atoms with Gasteiger partial charge in [-0.1, -0.05) is 63.9 Å². The zero-order valence-corrected chi connectivity index (χ0v) is 16.8. The smallest absolute Gasteiger partial charge is 0.172 e. The molecular weight excluding hydrogens is 424 g/mol. The molecule has 1 heterocycles. The first-order chi connectivity index (χ1) is 13.0. The Hall–Kier alpha value is -2.34. The van der Waals surface area contributed by atoms with Crippen LogP contribution in [0, 0.1) is 0 Å². The van der Waals surface area contributed by atoms with E-state index in [-0.39, 0.29) is 0 Å². The maximum Gasteiger partial charge on any atom is 0.172 e. The number of para-hydroxylation sites is 2. The molecule has 136 valence electrons. The third-order valence-electron chi connectivity index (χ3n) is 4.51. The third-order valence-corrected chi connectivity index (χ3v) is 5.30. The number of benzene rings is 3. The summed E-state index contributed by atoms with van der Waals surface area (Å²) in [5.41, 5.74) is 9.65. The molecule has 0 spiro atoms. The van der Waals surface area contributed by atoms with E-state index in [2.05, 4.69) is 26.6 Å². The third kappa shape index (κ3) is 3.72. The summed E-state index contributed by atoms with van der Waals surface area (Å²) >= 11 is 9.45. The fourth-order valence-electron chi connectivity index (χ4n) is 3.05. The Morgan fingerprint density at radius 2 is 1.70 bits per heavy atom. The highest BCUT2D eigenvalue weighted by atomic mass is 79.9. The highest BCUT2D eigenvalue weighted by Crippen LogP contribution is 2.35. The van der Waals surface area contributed by atoms with Crippen LogP contribution in [0.25, 0.3) is 0 Å². The standard InChI is InChI=1S/C21H18BrClN4/c22-16-9-7-15(8-10-16)21(24)20(25-13-14-5-11-17(23)12-6-14)26-18-3-1-2-4-19(18)27-21/h1-12,27H,13,24H2,(H,25,26). The summed E-state index contributed by atoms with van der Waals surface area (Å²) < 4.78 is 0.999. The van der Waals surface area contributed by atoms with E-state index >= 15 is 0 Å². The minimum absolute atomic E-state index is 0.593. The molecule has 0 saturated heterocycles. The van der Waals surface area contributed by atoms with Gasteiger partial charge in [0, 0.05) is 16.0 Å². The largest absolute Gasteiger partial charge is 0.366 e. The van der Waals surface area contributed by atoms with Crippen molar-refractivity contribution in [2.24, 2.45) is 10.7 Å². The van der Waals surface area contributed by atoms with Crippen molar-refractivity contribution in [2.75, 3.05) is 5.32 Å². The van der Waals surface area contributed by atoms with Crippen LogP contribution in [0.4, 0.5) is 11.4 Å². The number of anilines is 1. The molecule has 1 unspecified atom stereocenters. The van der Waals surface area contributed by atoms with Crippen LogP contribution in [0.1, 0.15) is 11.1 Å². The van der Waals surface area contributed by atoms with Gasteiger partial charge in [0.25, 0.3) is 0 Å². The first kappa shape index (κ1) is 18.0. The fraction of sp³-hybridized carbons (Fsp3) is 0.0952. The number of aliphatic imine (C=N–C) groups is 1. The first-order valence-electron chi connectivity index (χ1n) is 8.54. The molecule has 1 aliphatic heterocycles. The van der Waals surface area contributed by atoms with Crippen LogP contribution >= 0.6 is 27.5 Å². The monoisotopic (exact) mass is 440 g/mol. The molecule has 27 heavy (non-hydrogen) atoms. The molecule has 3 aromatic carbocycles. The van der Waals surface area contributed by atoms with Gasteiger partial charge in [-0.3, -0.25) is 5.73 Å². The molecule has 0 radical (unpaired) electrons. The second kappa shape index (κ2) is 7.35. The number of rotatable bonds is 3. The van der Waals surface area contributed by atoms with Crippen molar-refractivity contribution < 1.29 is 0 Å². The summed E-state index contributed by atoms with van der Waals surface area (Å²) in [6, 6.07) is 23.5. The predicted molar refractivity (Wildman–Crippen MR) is 115 cm³/mol. The summed E-state index contributed by atoms with van der Waals surface area (Å²) in [6.07, 6.45) is 0. The lowest BCUT2D eigenvalue weighted by molar-refractivity contribution is 0.649. The Morgan fingerprint density at radius 3 is 2.44 bits per heavy atom. The van der Waals surface area contributed by atoms with Gasteiger partial charge in [0.1, 0.15) is 5.84 Å². The van der Waals surface area contributed by atoms with Crippen LogP contribution in [0.2, 0.25) is 5.02 Å². The van der Waals surface area contributed by atoms with Gasteiger partial charge in [-0.15, -0.1) is 0 Å². The Balaban J connectivity index is 1.70. The quantitative estimate of drug-likeness (QED) is 0.526. The van der Waals surface area contributed by atoms with Crippen molar-refractivity contribution >= 4 is 44.7 Å². The maximum absolute atomic E-state index is 6.84. The molecule has 3 aromatic rings. The number of hydrogen-bond donors (Lipinski definition) is 3. The normalized spacial score (nSPS) is 18.3. The van der Waals surface area contributed by atoms with Crippen molar-refractivity contribution in [1.29, 1.82) is 0 Å². The van der Waals surface area contributed by atoms with Gasteiger partial charge < -0.3 is 10.6 Å². The van der Waals surface area contributed by atoms with E-state index in [1.54, 1.807) is 0 Å². The van der Waals surface area contributed by atoms with Crippen molar-refractivity contribution in [3.8, 4) is 0 Å². The maximum atomic E-state index is 6.84. The van der Waals surface area contributed by atoms with Crippen molar-refractivity contribution in [2.45, 2.75) is 12.2 Å². The average Bonchev–Trinajstić information content (AvgIpc) is 2.68. The number of fused-ring (bicyclic) bond motifs is 1. The molecule has 0 bridgehead atoms. The summed E-state index contributed by atoms with van der Waals surface area (Å²) in [6.45, 7) is 0.593. The Kier molecular flexibility index (Phi) is 4.91. The number of nitrogens with zero attached hydrogens (tertiary/aromatic N) is 1. The lowest BCUT2D eigenvalue weighted by atomic mass is 9.96. The van der Waals surface area contributed by atoms with Gasteiger partial charge in [0.05, 0.1) is 11.4 Å².